The van der Waals surface area contributed by atoms with Gasteiger partial charge in [-0.3, -0.25) is 4.99 Å². The number of hydrogen-bond donors (Lipinski definition) is 2. The molecule has 1 saturated heterocycles. The predicted octanol–water partition coefficient (Wildman–Crippen LogP) is 2.72. The molecule has 148 valence electrons. The summed E-state index contributed by atoms with van der Waals surface area (Å²) in [5, 5.41) is 10.4. The zero-order valence-corrected chi connectivity index (χ0v) is 17.0. The number of unbranched alkanes of at least 4 members (excludes halogenated alkanes) is 1. The fraction of sp³-hybridized carbons (Fsp3) is 0.737. The van der Waals surface area contributed by atoms with Crippen LogP contribution in [0.3, 0.4) is 0 Å². The maximum absolute atomic E-state index is 5.58. The lowest BCUT2D eigenvalue weighted by atomic mass is 10.1. The van der Waals surface area contributed by atoms with Crippen LogP contribution in [0.5, 0.6) is 0 Å². The quantitative estimate of drug-likeness (QED) is 0.350. The highest BCUT2D eigenvalue weighted by Crippen LogP contribution is 2.24. The number of thiophene rings is 1. The highest BCUT2D eigenvalue weighted by Gasteiger charge is 2.20. The molecule has 0 spiro atoms. The van der Waals surface area contributed by atoms with Crippen LogP contribution in [0.2, 0.25) is 0 Å². The van der Waals surface area contributed by atoms with E-state index in [1.165, 1.54) is 11.4 Å². The van der Waals surface area contributed by atoms with E-state index in [1.807, 2.05) is 18.4 Å². The molecule has 2 rings (SSSR count). The van der Waals surface area contributed by atoms with Gasteiger partial charge in [0, 0.05) is 39.3 Å². The first-order valence-corrected chi connectivity index (χ1v) is 10.6. The molecule has 1 aromatic rings. The maximum atomic E-state index is 5.58. The molecule has 0 unspecified atom stereocenters. The van der Waals surface area contributed by atoms with E-state index < -0.39 is 0 Å². The van der Waals surface area contributed by atoms with Crippen LogP contribution in [-0.2, 0) is 9.47 Å². The maximum Gasteiger partial charge on any atom is 0.191 e. The molecule has 1 fully saturated rings. The Hall–Kier alpha value is -1.31. The average Bonchev–Trinajstić information content (AvgIpc) is 3.21. The van der Waals surface area contributed by atoms with Crippen LogP contribution in [0.4, 0.5) is 5.00 Å². The van der Waals surface area contributed by atoms with Gasteiger partial charge < -0.3 is 25.0 Å². The summed E-state index contributed by atoms with van der Waals surface area (Å²) in [6, 6.07) is 4.80. The first kappa shape index (κ1) is 21.0. The molecule has 2 heterocycles. The van der Waals surface area contributed by atoms with Crippen molar-refractivity contribution in [3.63, 3.8) is 0 Å². The Morgan fingerprint density at radius 3 is 2.65 bits per heavy atom. The van der Waals surface area contributed by atoms with Crippen LogP contribution in [-0.4, -0.2) is 65.1 Å². The molecule has 6 nitrogen and oxygen atoms in total. The number of hydrogen-bond acceptors (Lipinski definition) is 5. The molecule has 0 radical (unpaired) electrons. The van der Waals surface area contributed by atoms with Crippen LogP contribution in [0, 0.1) is 0 Å². The van der Waals surface area contributed by atoms with Gasteiger partial charge in [-0.05, 0) is 36.8 Å². The van der Waals surface area contributed by atoms with Crippen molar-refractivity contribution in [3.8, 4) is 0 Å². The second kappa shape index (κ2) is 12.9. The van der Waals surface area contributed by atoms with Crippen LogP contribution in [0.15, 0.2) is 22.5 Å². The van der Waals surface area contributed by atoms with Gasteiger partial charge >= 0.3 is 0 Å². The summed E-state index contributed by atoms with van der Waals surface area (Å²) < 4.78 is 11.1. The summed E-state index contributed by atoms with van der Waals surface area (Å²) in [6.07, 6.45) is 4.55. The third-order valence-corrected chi connectivity index (χ3v) is 5.36. The topological polar surface area (TPSA) is 58.1 Å². The van der Waals surface area contributed by atoms with Gasteiger partial charge in [-0.15, -0.1) is 11.3 Å². The fourth-order valence-electron chi connectivity index (χ4n) is 2.89. The summed E-state index contributed by atoms with van der Waals surface area (Å²) in [5.41, 5.74) is 0. The van der Waals surface area contributed by atoms with E-state index in [-0.39, 0.29) is 0 Å². The molecule has 0 bridgehead atoms. The number of aliphatic imine (C=N–C) groups is 1. The summed E-state index contributed by atoms with van der Waals surface area (Å²) in [7, 11) is 1.82. The predicted molar refractivity (Wildman–Crippen MR) is 111 cm³/mol. The molecule has 7 heteroatoms. The molecule has 0 saturated carbocycles. The number of rotatable bonds is 11. The number of anilines is 1. The van der Waals surface area contributed by atoms with Crippen molar-refractivity contribution in [3.05, 3.63) is 17.5 Å². The first-order valence-electron chi connectivity index (χ1n) is 9.74. The van der Waals surface area contributed by atoms with Gasteiger partial charge in [-0.1, -0.05) is 13.3 Å². The van der Waals surface area contributed by atoms with E-state index in [4.69, 9.17) is 9.47 Å². The zero-order valence-electron chi connectivity index (χ0n) is 16.2. The van der Waals surface area contributed by atoms with Gasteiger partial charge in [0.25, 0.3) is 0 Å². The Kier molecular flexibility index (Phi) is 10.5. The van der Waals surface area contributed by atoms with E-state index in [2.05, 4.69) is 45.0 Å². The standard InChI is InChI=1S/C19H34N4O2S/c1-3-4-12-24-14-15-25-13-9-21-19(20-2)22-17-7-10-23(11-8-17)18-6-5-16-26-18/h5-6,16-17H,3-4,7-15H2,1-2H3,(H2,20,21,22). The number of piperidine rings is 1. The lowest BCUT2D eigenvalue weighted by Crippen LogP contribution is -2.49. The molecule has 2 N–H and O–H groups in total. The van der Waals surface area contributed by atoms with Gasteiger partial charge in [-0.2, -0.15) is 0 Å². The summed E-state index contributed by atoms with van der Waals surface area (Å²) in [6.45, 7) is 7.93. The Labute approximate surface area is 162 Å². The van der Waals surface area contributed by atoms with Crippen molar-refractivity contribution >= 4 is 22.3 Å². The van der Waals surface area contributed by atoms with Crippen LogP contribution >= 0.6 is 11.3 Å². The van der Waals surface area contributed by atoms with Crippen molar-refractivity contribution in [1.82, 2.24) is 10.6 Å². The van der Waals surface area contributed by atoms with E-state index >= 15 is 0 Å². The normalized spacial score (nSPS) is 16.1. The molecule has 26 heavy (non-hydrogen) atoms. The minimum absolute atomic E-state index is 0.477. The van der Waals surface area contributed by atoms with Crippen LogP contribution < -0.4 is 15.5 Å². The smallest absolute Gasteiger partial charge is 0.191 e. The molecular weight excluding hydrogens is 348 g/mol. The van der Waals surface area contributed by atoms with Crippen LogP contribution in [0.1, 0.15) is 32.6 Å². The molecule has 0 aromatic carbocycles. The Bertz CT molecular complexity index is 488. The summed E-state index contributed by atoms with van der Waals surface area (Å²) >= 11 is 1.82. The minimum atomic E-state index is 0.477. The molecule has 1 aromatic heterocycles. The first-order chi connectivity index (χ1) is 12.8. The average molecular weight is 383 g/mol. The van der Waals surface area contributed by atoms with Crippen molar-refractivity contribution < 1.29 is 9.47 Å². The summed E-state index contributed by atoms with van der Waals surface area (Å²) in [4.78, 5) is 6.79. The van der Waals surface area contributed by atoms with Crippen molar-refractivity contribution in [2.24, 2.45) is 4.99 Å². The Morgan fingerprint density at radius 2 is 2.00 bits per heavy atom. The summed E-state index contributed by atoms with van der Waals surface area (Å²) in [5.74, 6) is 0.863. The Balaban J connectivity index is 1.52. The Morgan fingerprint density at radius 1 is 1.23 bits per heavy atom. The molecule has 0 aliphatic carbocycles. The number of nitrogens with zero attached hydrogens (tertiary/aromatic N) is 2. The van der Waals surface area contributed by atoms with E-state index in [0.717, 1.165) is 51.5 Å². The van der Waals surface area contributed by atoms with Crippen LogP contribution in [0.25, 0.3) is 0 Å². The number of guanidine groups is 1. The third kappa shape index (κ3) is 7.93. The highest BCUT2D eigenvalue weighted by molar-refractivity contribution is 7.14. The largest absolute Gasteiger partial charge is 0.379 e. The molecule has 1 aliphatic heterocycles. The van der Waals surface area contributed by atoms with Gasteiger partial charge in [0.05, 0.1) is 24.8 Å². The van der Waals surface area contributed by atoms with Crippen molar-refractivity contribution in [2.45, 2.75) is 38.6 Å². The molecule has 0 amide bonds. The fourth-order valence-corrected chi connectivity index (χ4v) is 3.68. The second-order valence-electron chi connectivity index (χ2n) is 6.43. The van der Waals surface area contributed by atoms with Gasteiger partial charge in [-0.25, -0.2) is 0 Å². The van der Waals surface area contributed by atoms with Crippen molar-refractivity contribution in [1.29, 1.82) is 0 Å². The molecular formula is C19H34N4O2S. The van der Waals surface area contributed by atoms with E-state index in [1.54, 1.807) is 0 Å². The second-order valence-corrected chi connectivity index (χ2v) is 7.36. The lowest BCUT2D eigenvalue weighted by molar-refractivity contribution is 0.0487. The third-order valence-electron chi connectivity index (χ3n) is 4.43. The molecule has 1 aliphatic rings. The number of nitrogens with one attached hydrogen (secondary N) is 2. The van der Waals surface area contributed by atoms with Crippen molar-refractivity contribution in [2.75, 3.05) is 58.0 Å². The minimum Gasteiger partial charge on any atom is -0.379 e. The SMILES string of the molecule is CCCCOCCOCCNC(=NC)NC1CCN(c2cccs2)CC1. The highest BCUT2D eigenvalue weighted by atomic mass is 32.1. The van der Waals surface area contributed by atoms with Gasteiger partial charge in [0.15, 0.2) is 5.96 Å². The number of ether oxygens (including phenoxy) is 2. The van der Waals surface area contributed by atoms with E-state index in [9.17, 15) is 0 Å². The lowest BCUT2D eigenvalue weighted by Gasteiger charge is -2.33. The molecule has 0 atom stereocenters. The monoisotopic (exact) mass is 382 g/mol. The zero-order chi connectivity index (χ0) is 18.5. The van der Waals surface area contributed by atoms with Gasteiger partial charge in [0.2, 0.25) is 0 Å². The van der Waals surface area contributed by atoms with E-state index in [0.29, 0.717) is 25.9 Å². The van der Waals surface area contributed by atoms with Gasteiger partial charge in [0.1, 0.15) is 0 Å².